The molecule has 0 radical (unpaired) electrons. The highest BCUT2D eigenvalue weighted by molar-refractivity contribution is 5.85. The van der Waals surface area contributed by atoms with Crippen LogP contribution in [0.5, 0.6) is 0 Å². The predicted molar refractivity (Wildman–Crippen MR) is 50.6 cm³/mol. The van der Waals surface area contributed by atoms with Gasteiger partial charge >= 0.3 is 5.97 Å². The first-order chi connectivity index (χ1) is 6.52. The minimum absolute atomic E-state index is 0.0110. The van der Waals surface area contributed by atoms with E-state index < -0.39 is 5.97 Å². The summed E-state index contributed by atoms with van der Waals surface area (Å²) in [5, 5.41) is 8.46. The molecule has 0 spiro atoms. The molecule has 0 bridgehead atoms. The van der Waals surface area contributed by atoms with Gasteiger partial charge in [0.1, 0.15) is 0 Å². The second-order valence-electron chi connectivity index (χ2n) is 3.85. The minimum Gasteiger partial charge on any atom is -0.481 e. The fraction of sp³-hybridized carbons (Fsp3) is 0.778. The van der Waals surface area contributed by atoms with Gasteiger partial charge in [-0.1, -0.05) is 0 Å². The monoisotopic (exact) mass is 200 g/mol. The SMILES string of the molecule is CN(CCC(=O)O)C(=O)C1(CN)CC1. The zero-order valence-corrected chi connectivity index (χ0v) is 8.32. The molecule has 0 aliphatic heterocycles. The quantitative estimate of drug-likeness (QED) is 0.636. The number of carboxylic acids is 1. The average Bonchev–Trinajstić information content (AvgIpc) is 2.93. The highest BCUT2D eigenvalue weighted by Crippen LogP contribution is 2.45. The average molecular weight is 200 g/mol. The zero-order valence-electron chi connectivity index (χ0n) is 8.32. The molecule has 0 aromatic heterocycles. The van der Waals surface area contributed by atoms with Gasteiger partial charge in [0.15, 0.2) is 0 Å². The molecule has 1 fully saturated rings. The maximum Gasteiger partial charge on any atom is 0.305 e. The first-order valence-electron chi connectivity index (χ1n) is 4.69. The number of amides is 1. The van der Waals surface area contributed by atoms with Crippen LogP contribution in [0.4, 0.5) is 0 Å². The van der Waals surface area contributed by atoms with Gasteiger partial charge in [0.25, 0.3) is 0 Å². The van der Waals surface area contributed by atoms with E-state index in [1.54, 1.807) is 7.05 Å². The lowest BCUT2D eigenvalue weighted by molar-refractivity contribution is -0.139. The Morgan fingerprint density at radius 1 is 1.50 bits per heavy atom. The van der Waals surface area contributed by atoms with Crippen LogP contribution >= 0.6 is 0 Å². The number of aliphatic carboxylic acids is 1. The van der Waals surface area contributed by atoms with Gasteiger partial charge in [-0.25, -0.2) is 0 Å². The number of hydrogen-bond acceptors (Lipinski definition) is 3. The Morgan fingerprint density at radius 2 is 2.07 bits per heavy atom. The van der Waals surface area contributed by atoms with E-state index in [9.17, 15) is 9.59 Å². The Morgan fingerprint density at radius 3 is 2.43 bits per heavy atom. The summed E-state index contributed by atoms with van der Waals surface area (Å²) in [5.41, 5.74) is 5.13. The van der Waals surface area contributed by atoms with Crippen molar-refractivity contribution in [3.05, 3.63) is 0 Å². The van der Waals surface area contributed by atoms with Gasteiger partial charge < -0.3 is 15.7 Å². The van der Waals surface area contributed by atoms with Crippen LogP contribution in [0, 0.1) is 5.41 Å². The van der Waals surface area contributed by atoms with Gasteiger partial charge in [-0.15, -0.1) is 0 Å². The summed E-state index contributed by atoms with van der Waals surface area (Å²) in [4.78, 5) is 23.5. The van der Waals surface area contributed by atoms with Gasteiger partial charge in [0, 0.05) is 20.1 Å². The lowest BCUT2D eigenvalue weighted by atomic mass is 10.1. The third kappa shape index (κ3) is 2.23. The van der Waals surface area contributed by atoms with E-state index in [2.05, 4.69) is 0 Å². The Kier molecular flexibility index (Phi) is 3.10. The van der Waals surface area contributed by atoms with Crippen LogP contribution in [0.25, 0.3) is 0 Å². The maximum absolute atomic E-state index is 11.7. The van der Waals surface area contributed by atoms with E-state index in [0.29, 0.717) is 6.54 Å². The highest BCUT2D eigenvalue weighted by Gasteiger charge is 2.49. The van der Waals surface area contributed by atoms with Gasteiger partial charge in [-0.2, -0.15) is 0 Å². The third-order valence-electron chi connectivity index (χ3n) is 2.71. The summed E-state index contributed by atoms with van der Waals surface area (Å²) in [6.07, 6.45) is 1.66. The summed E-state index contributed by atoms with van der Waals surface area (Å²) >= 11 is 0. The van der Waals surface area contributed by atoms with Gasteiger partial charge in [0.05, 0.1) is 11.8 Å². The van der Waals surface area contributed by atoms with Gasteiger partial charge in [-0.05, 0) is 12.8 Å². The molecule has 0 atom stereocenters. The third-order valence-corrected chi connectivity index (χ3v) is 2.71. The summed E-state index contributed by atoms with van der Waals surface area (Å²) in [7, 11) is 1.63. The van der Waals surface area contributed by atoms with Crippen LogP contribution < -0.4 is 5.73 Å². The van der Waals surface area contributed by atoms with E-state index >= 15 is 0 Å². The molecule has 1 aliphatic rings. The standard InChI is InChI=1S/C9H16N2O3/c1-11(5-2-7(12)13)8(14)9(6-10)3-4-9/h2-6,10H2,1H3,(H,12,13). The first kappa shape index (κ1) is 11.0. The van der Waals surface area contributed by atoms with Crippen molar-refractivity contribution in [1.29, 1.82) is 0 Å². The largest absolute Gasteiger partial charge is 0.481 e. The van der Waals surface area contributed by atoms with E-state index in [4.69, 9.17) is 10.8 Å². The second-order valence-corrected chi connectivity index (χ2v) is 3.85. The lowest BCUT2D eigenvalue weighted by Gasteiger charge is -2.21. The fourth-order valence-electron chi connectivity index (χ4n) is 1.43. The summed E-state index contributed by atoms with van der Waals surface area (Å²) < 4.78 is 0. The Labute approximate surface area is 82.9 Å². The molecule has 1 amide bonds. The summed E-state index contributed by atoms with van der Waals surface area (Å²) in [6, 6.07) is 0. The minimum atomic E-state index is -0.887. The zero-order chi connectivity index (χ0) is 10.8. The molecule has 80 valence electrons. The number of carboxylic acid groups (broad SMARTS) is 1. The summed E-state index contributed by atoms with van der Waals surface area (Å²) in [5.74, 6) is -0.900. The predicted octanol–water partition coefficient (Wildman–Crippen LogP) is -0.342. The van der Waals surface area contributed by atoms with Crippen molar-refractivity contribution in [2.24, 2.45) is 11.1 Å². The normalized spacial score (nSPS) is 17.6. The Balaban J connectivity index is 2.41. The van der Waals surface area contributed by atoms with Crippen molar-refractivity contribution < 1.29 is 14.7 Å². The lowest BCUT2D eigenvalue weighted by Crippen LogP contribution is -2.39. The molecule has 3 N–H and O–H groups in total. The molecule has 0 aromatic rings. The number of nitrogens with two attached hydrogens (primary N) is 1. The second kappa shape index (κ2) is 3.96. The number of nitrogens with zero attached hydrogens (tertiary/aromatic N) is 1. The van der Waals surface area contributed by atoms with Crippen LogP contribution in [0.2, 0.25) is 0 Å². The van der Waals surface area contributed by atoms with Crippen LogP contribution in [0.1, 0.15) is 19.3 Å². The Bertz CT molecular complexity index is 248. The van der Waals surface area contributed by atoms with Crippen molar-refractivity contribution in [3.63, 3.8) is 0 Å². The molecule has 1 rings (SSSR count). The van der Waals surface area contributed by atoms with Gasteiger partial charge in [-0.3, -0.25) is 9.59 Å². The molecule has 5 heteroatoms. The number of rotatable bonds is 5. The van der Waals surface area contributed by atoms with E-state index in [0.717, 1.165) is 12.8 Å². The molecule has 0 saturated heterocycles. The molecule has 0 unspecified atom stereocenters. The van der Waals surface area contributed by atoms with Crippen molar-refractivity contribution in [3.8, 4) is 0 Å². The number of hydrogen-bond donors (Lipinski definition) is 2. The van der Waals surface area contributed by atoms with Crippen molar-refractivity contribution in [1.82, 2.24) is 4.90 Å². The van der Waals surface area contributed by atoms with E-state index in [1.807, 2.05) is 0 Å². The van der Waals surface area contributed by atoms with Crippen LogP contribution in [0.15, 0.2) is 0 Å². The van der Waals surface area contributed by atoms with Crippen molar-refractivity contribution >= 4 is 11.9 Å². The van der Waals surface area contributed by atoms with E-state index in [1.165, 1.54) is 4.90 Å². The fourth-order valence-corrected chi connectivity index (χ4v) is 1.43. The topological polar surface area (TPSA) is 83.6 Å². The number of carbonyl (C=O) groups excluding carboxylic acids is 1. The smallest absolute Gasteiger partial charge is 0.305 e. The molecule has 5 nitrogen and oxygen atoms in total. The van der Waals surface area contributed by atoms with Crippen LogP contribution in [0.3, 0.4) is 0 Å². The molecule has 1 aliphatic carbocycles. The van der Waals surface area contributed by atoms with Crippen molar-refractivity contribution in [2.45, 2.75) is 19.3 Å². The molecular weight excluding hydrogens is 184 g/mol. The highest BCUT2D eigenvalue weighted by atomic mass is 16.4. The number of carbonyl (C=O) groups is 2. The maximum atomic E-state index is 11.7. The van der Waals surface area contributed by atoms with Crippen LogP contribution in [-0.4, -0.2) is 42.0 Å². The van der Waals surface area contributed by atoms with Crippen molar-refractivity contribution in [2.75, 3.05) is 20.1 Å². The summed E-state index contributed by atoms with van der Waals surface area (Å²) in [6.45, 7) is 0.624. The van der Waals surface area contributed by atoms with Crippen LogP contribution in [-0.2, 0) is 9.59 Å². The molecular formula is C9H16N2O3. The first-order valence-corrected chi connectivity index (χ1v) is 4.69. The molecule has 0 aromatic carbocycles. The van der Waals surface area contributed by atoms with Gasteiger partial charge in [0.2, 0.25) is 5.91 Å². The Hall–Kier alpha value is -1.10. The molecule has 14 heavy (non-hydrogen) atoms. The molecule has 0 heterocycles. The molecule has 1 saturated carbocycles. The van der Waals surface area contributed by atoms with E-state index in [-0.39, 0.29) is 24.3 Å².